The highest BCUT2D eigenvalue weighted by Crippen LogP contribution is 2.29. The lowest BCUT2D eigenvalue weighted by Crippen LogP contribution is -2.04. The summed E-state index contributed by atoms with van der Waals surface area (Å²) in [5, 5.41) is 4.74. The van der Waals surface area contributed by atoms with Gasteiger partial charge in [-0.3, -0.25) is 0 Å². The predicted molar refractivity (Wildman–Crippen MR) is 91.9 cm³/mol. The van der Waals surface area contributed by atoms with E-state index in [1.807, 2.05) is 12.1 Å². The number of ether oxygens (including phenoxy) is 4. The van der Waals surface area contributed by atoms with Crippen LogP contribution in [0.15, 0.2) is 48.5 Å². The molecule has 0 bridgehead atoms. The van der Waals surface area contributed by atoms with Crippen molar-refractivity contribution in [3.8, 4) is 11.5 Å². The fraction of sp³-hybridized carbons (Fsp3) is 0.300. The van der Waals surface area contributed by atoms with Gasteiger partial charge in [-0.1, -0.05) is 12.1 Å². The lowest BCUT2D eigenvalue weighted by atomic mass is 10.0. The second-order valence-electron chi connectivity index (χ2n) is 6.40. The van der Waals surface area contributed by atoms with Gasteiger partial charge in [-0.25, -0.2) is 0 Å². The summed E-state index contributed by atoms with van der Waals surface area (Å²) in [6.07, 6.45) is 0.550. The molecule has 4 nitrogen and oxygen atoms in total. The van der Waals surface area contributed by atoms with Crippen molar-refractivity contribution in [1.82, 2.24) is 0 Å². The molecular weight excluding hydrogens is 304 g/mol. The molecule has 2 unspecified atom stereocenters. The normalized spacial score (nSPS) is 21.8. The molecule has 0 aliphatic carbocycles. The van der Waals surface area contributed by atoms with E-state index < -0.39 is 0 Å². The summed E-state index contributed by atoms with van der Waals surface area (Å²) < 4.78 is 21.9. The largest absolute Gasteiger partial charge is 0.491 e. The Hall–Kier alpha value is -2.30. The zero-order chi connectivity index (χ0) is 15.9. The summed E-state index contributed by atoms with van der Waals surface area (Å²) in [4.78, 5) is 0. The van der Waals surface area contributed by atoms with Crippen LogP contribution in [0.4, 0.5) is 0 Å². The average molecular weight is 322 g/mol. The van der Waals surface area contributed by atoms with E-state index in [2.05, 4.69) is 36.4 Å². The van der Waals surface area contributed by atoms with Crippen molar-refractivity contribution in [3.63, 3.8) is 0 Å². The van der Waals surface area contributed by atoms with Crippen molar-refractivity contribution >= 4 is 21.5 Å². The molecule has 0 N–H and O–H groups in total. The van der Waals surface area contributed by atoms with Crippen molar-refractivity contribution in [1.29, 1.82) is 0 Å². The lowest BCUT2D eigenvalue weighted by molar-refractivity contribution is 0.263. The van der Waals surface area contributed by atoms with Crippen molar-refractivity contribution in [2.24, 2.45) is 0 Å². The fourth-order valence-corrected chi connectivity index (χ4v) is 2.84. The van der Waals surface area contributed by atoms with Gasteiger partial charge in [0.2, 0.25) is 0 Å². The Kier molecular flexibility index (Phi) is 3.32. The quantitative estimate of drug-likeness (QED) is 0.514. The first kappa shape index (κ1) is 14.1. The Morgan fingerprint density at radius 1 is 0.667 bits per heavy atom. The first-order chi connectivity index (χ1) is 11.8. The van der Waals surface area contributed by atoms with Gasteiger partial charge >= 0.3 is 0 Å². The molecule has 2 fully saturated rings. The summed E-state index contributed by atoms with van der Waals surface area (Å²) in [5.74, 6) is 1.78. The molecule has 2 aliphatic heterocycles. The van der Waals surface area contributed by atoms with E-state index in [0.29, 0.717) is 13.2 Å². The second-order valence-corrected chi connectivity index (χ2v) is 6.40. The number of hydrogen-bond donors (Lipinski definition) is 0. The summed E-state index contributed by atoms with van der Waals surface area (Å²) in [5.41, 5.74) is 0. The zero-order valence-corrected chi connectivity index (χ0v) is 13.2. The standard InChI is InChI=1S/C20H18O4/c1-3-17(21-9-19-11-23-19)7-15-6-14-2-4-18(22-10-20-12-24-20)8-16(14)5-13(1)15/h1-8,19-20H,9-12H2. The van der Waals surface area contributed by atoms with Gasteiger partial charge in [-0.2, -0.15) is 0 Å². The molecule has 5 rings (SSSR count). The van der Waals surface area contributed by atoms with Gasteiger partial charge in [0.1, 0.15) is 36.9 Å². The molecule has 4 heteroatoms. The fourth-order valence-electron chi connectivity index (χ4n) is 2.84. The molecule has 0 radical (unpaired) electrons. The van der Waals surface area contributed by atoms with Crippen molar-refractivity contribution in [2.75, 3.05) is 26.4 Å². The van der Waals surface area contributed by atoms with Gasteiger partial charge < -0.3 is 18.9 Å². The van der Waals surface area contributed by atoms with Crippen LogP contribution in [0.1, 0.15) is 0 Å². The molecule has 0 spiro atoms. The summed E-state index contributed by atoms with van der Waals surface area (Å²) in [7, 11) is 0. The van der Waals surface area contributed by atoms with E-state index >= 15 is 0 Å². The zero-order valence-electron chi connectivity index (χ0n) is 13.2. The van der Waals surface area contributed by atoms with Crippen LogP contribution < -0.4 is 9.47 Å². The number of fused-ring (bicyclic) bond motifs is 2. The van der Waals surface area contributed by atoms with Gasteiger partial charge in [0, 0.05) is 0 Å². The molecule has 24 heavy (non-hydrogen) atoms. The smallest absolute Gasteiger partial charge is 0.120 e. The molecule has 3 aromatic rings. The van der Waals surface area contributed by atoms with Gasteiger partial charge in [0.15, 0.2) is 0 Å². The molecule has 2 atom stereocenters. The van der Waals surface area contributed by atoms with Gasteiger partial charge in [0.25, 0.3) is 0 Å². The maximum Gasteiger partial charge on any atom is 0.120 e. The topological polar surface area (TPSA) is 43.5 Å². The summed E-state index contributed by atoms with van der Waals surface area (Å²) in [6, 6.07) is 16.8. The molecule has 122 valence electrons. The van der Waals surface area contributed by atoms with Crippen molar-refractivity contribution in [2.45, 2.75) is 12.2 Å². The predicted octanol–water partition coefficient (Wildman–Crippen LogP) is 3.55. The van der Waals surface area contributed by atoms with Crippen LogP contribution in [0.25, 0.3) is 21.5 Å². The third-order valence-corrected chi connectivity index (χ3v) is 4.42. The van der Waals surface area contributed by atoms with E-state index in [4.69, 9.17) is 18.9 Å². The van der Waals surface area contributed by atoms with Crippen LogP contribution in [-0.4, -0.2) is 38.6 Å². The van der Waals surface area contributed by atoms with Crippen LogP contribution in [0, 0.1) is 0 Å². The Labute approximate surface area is 139 Å². The van der Waals surface area contributed by atoms with E-state index in [1.165, 1.54) is 21.5 Å². The Balaban J connectivity index is 1.43. The highest BCUT2D eigenvalue weighted by molar-refractivity contribution is 5.99. The molecule has 0 saturated carbocycles. The third kappa shape index (κ3) is 3.03. The molecule has 2 aliphatic rings. The van der Waals surface area contributed by atoms with Crippen molar-refractivity contribution < 1.29 is 18.9 Å². The van der Waals surface area contributed by atoms with Crippen LogP contribution >= 0.6 is 0 Å². The first-order valence-corrected chi connectivity index (χ1v) is 8.30. The van der Waals surface area contributed by atoms with Crippen LogP contribution in [0.3, 0.4) is 0 Å². The highest BCUT2D eigenvalue weighted by atomic mass is 16.6. The number of benzene rings is 3. The van der Waals surface area contributed by atoms with Crippen molar-refractivity contribution in [3.05, 3.63) is 48.5 Å². The van der Waals surface area contributed by atoms with Crippen LogP contribution in [-0.2, 0) is 9.47 Å². The third-order valence-electron chi connectivity index (χ3n) is 4.42. The monoisotopic (exact) mass is 322 g/mol. The Morgan fingerprint density at radius 3 is 1.54 bits per heavy atom. The lowest BCUT2D eigenvalue weighted by Gasteiger charge is -2.09. The minimum absolute atomic E-state index is 0.275. The number of rotatable bonds is 6. The number of hydrogen-bond acceptors (Lipinski definition) is 4. The molecule has 2 heterocycles. The molecule has 3 aromatic carbocycles. The second kappa shape index (κ2) is 5.65. The first-order valence-electron chi connectivity index (χ1n) is 8.30. The SMILES string of the molecule is c1cc2cc3cc(OCC4CO4)ccc3cc2cc1OCC1CO1. The van der Waals surface area contributed by atoms with Gasteiger partial charge in [0.05, 0.1) is 13.2 Å². The van der Waals surface area contributed by atoms with Crippen LogP contribution in [0.2, 0.25) is 0 Å². The van der Waals surface area contributed by atoms with Gasteiger partial charge in [-0.05, 0) is 57.9 Å². The maximum absolute atomic E-state index is 5.77. The van der Waals surface area contributed by atoms with Crippen LogP contribution in [0.5, 0.6) is 11.5 Å². The summed E-state index contributed by atoms with van der Waals surface area (Å²) in [6.45, 7) is 2.89. The molecule has 0 amide bonds. The summed E-state index contributed by atoms with van der Waals surface area (Å²) >= 11 is 0. The minimum atomic E-state index is 0.275. The van der Waals surface area contributed by atoms with Gasteiger partial charge in [-0.15, -0.1) is 0 Å². The van der Waals surface area contributed by atoms with E-state index in [1.54, 1.807) is 0 Å². The maximum atomic E-state index is 5.77. The number of epoxide rings is 2. The van der Waals surface area contributed by atoms with E-state index in [-0.39, 0.29) is 12.2 Å². The molecule has 0 aromatic heterocycles. The average Bonchev–Trinajstić information content (AvgIpc) is 3.50. The molecule has 2 saturated heterocycles. The Morgan fingerprint density at radius 2 is 1.12 bits per heavy atom. The Bertz CT molecular complexity index is 821. The minimum Gasteiger partial charge on any atom is -0.491 e. The highest BCUT2D eigenvalue weighted by Gasteiger charge is 2.23. The van der Waals surface area contributed by atoms with E-state index in [9.17, 15) is 0 Å². The molecular formula is C20H18O4. The van der Waals surface area contributed by atoms with E-state index in [0.717, 1.165) is 24.7 Å².